The molecule has 2 heterocycles. The molecule has 0 spiro atoms. The van der Waals surface area contributed by atoms with E-state index in [1.807, 2.05) is 18.2 Å². The van der Waals surface area contributed by atoms with Crippen LogP contribution in [0.25, 0.3) is 5.69 Å². The smallest absolute Gasteiger partial charge is 0.350 e. The van der Waals surface area contributed by atoms with Crippen LogP contribution in [-0.4, -0.2) is 45.9 Å². The molecule has 2 aromatic carbocycles. The van der Waals surface area contributed by atoms with Gasteiger partial charge in [-0.1, -0.05) is 44.4 Å². The van der Waals surface area contributed by atoms with Crippen LogP contribution >= 0.6 is 0 Å². The van der Waals surface area contributed by atoms with E-state index in [1.165, 1.54) is 23.1 Å². The highest BCUT2D eigenvalue weighted by molar-refractivity contribution is 7.92. The van der Waals surface area contributed by atoms with E-state index in [-0.39, 0.29) is 10.6 Å². The van der Waals surface area contributed by atoms with Crippen molar-refractivity contribution in [1.29, 1.82) is 0 Å². The SMILES string of the molecule is CCCCCCn1cnn(-c2ccc(S(=O)(=O)Nc3ccc(CCNC[C@H](O)c4cccnc4)cc3)cc2)c1=O. The molecule has 40 heavy (non-hydrogen) atoms. The summed E-state index contributed by atoms with van der Waals surface area (Å²) in [6.45, 7) is 3.83. The average Bonchev–Trinajstić information content (AvgIpc) is 3.34. The summed E-state index contributed by atoms with van der Waals surface area (Å²) in [5.74, 6) is 0. The number of hydrogen-bond donors (Lipinski definition) is 3. The molecule has 0 saturated heterocycles. The van der Waals surface area contributed by atoms with Crippen molar-refractivity contribution in [1.82, 2.24) is 24.6 Å². The molecule has 0 amide bonds. The van der Waals surface area contributed by atoms with Crippen LogP contribution in [0.15, 0.2) is 89.1 Å². The quantitative estimate of drug-likeness (QED) is 0.188. The lowest BCUT2D eigenvalue weighted by atomic mass is 10.1. The predicted octanol–water partition coefficient (Wildman–Crippen LogP) is 3.68. The van der Waals surface area contributed by atoms with Gasteiger partial charge in [0.05, 0.1) is 16.7 Å². The summed E-state index contributed by atoms with van der Waals surface area (Å²) in [5.41, 5.74) is 2.50. The second-order valence-electron chi connectivity index (χ2n) is 9.63. The van der Waals surface area contributed by atoms with E-state index < -0.39 is 16.1 Å². The first-order chi connectivity index (χ1) is 19.4. The minimum Gasteiger partial charge on any atom is -0.387 e. The molecule has 1 atom stereocenters. The molecule has 4 aromatic rings. The largest absolute Gasteiger partial charge is 0.387 e. The van der Waals surface area contributed by atoms with Crippen LogP contribution in [0.2, 0.25) is 0 Å². The van der Waals surface area contributed by atoms with Gasteiger partial charge in [0.25, 0.3) is 10.0 Å². The molecular formula is C29H36N6O4S. The number of pyridine rings is 1. The molecule has 0 unspecified atom stereocenters. The first-order valence-corrected chi connectivity index (χ1v) is 15.0. The van der Waals surface area contributed by atoms with Gasteiger partial charge in [-0.15, -0.1) is 0 Å². The van der Waals surface area contributed by atoms with Crippen LogP contribution in [0.4, 0.5) is 5.69 Å². The molecule has 11 heteroatoms. The lowest BCUT2D eigenvalue weighted by molar-refractivity contribution is 0.174. The van der Waals surface area contributed by atoms with Crippen molar-refractivity contribution in [2.45, 2.75) is 56.6 Å². The maximum Gasteiger partial charge on any atom is 0.350 e. The highest BCUT2D eigenvalue weighted by Crippen LogP contribution is 2.18. The number of anilines is 1. The van der Waals surface area contributed by atoms with Gasteiger partial charge in [-0.25, -0.2) is 13.2 Å². The van der Waals surface area contributed by atoms with Crippen molar-refractivity contribution >= 4 is 15.7 Å². The molecule has 0 radical (unpaired) electrons. The van der Waals surface area contributed by atoms with Crippen LogP contribution < -0.4 is 15.7 Å². The van der Waals surface area contributed by atoms with Gasteiger partial charge in [0.15, 0.2) is 0 Å². The summed E-state index contributed by atoms with van der Waals surface area (Å²) in [7, 11) is -3.81. The number of sulfonamides is 1. The number of nitrogens with zero attached hydrogens (tertiary/aromatic N) is 4. The Labute approximate surface area is 234 Å². The standard InChI is InChI=1S/C29H36N6O4S/c1-2-3-4-5-19-34-22-32-35(29(34)37)26-12-14-27(15-13-26)40(38,39)33-25-10-8-23(9-11-25)16-18-31-21-28(36)24-7-6-17-30-20-24/h6-15,17,20,22,28,31,33,36H,2-5,16,18-19,21H2,1H3/t28-/m0/s1. The van der Waals surface area contributed by atoms with Crippen molar-refractivity contribution in [3.05, 3.63) is 101 Å². The van der Waals surface area contributed by atoms with E-state index >= 15 is 0 Å². The predicted molar refractivity (Wildman–Crippen MR) is 155 cm³/mol. The number of aromatic nitrogens is 4. The van der Waals surface area contributed by atoms with E-state index in [2.05, 4.69) is 27.0 Å². The summed E-state index contributed by atoms with van der Waals surface area (Å²) >= 11 is 0. The molecule has 0 fully saturated rings. The molecule has 10 nitrogen and oxygen atoms in total. The summed E-state index contributed by atoms with van der Waals surface area (Å²) in [4.78, 5) is 16.8. The Hall–Kier alpha value is -3.80. The van der Waals surface area contributed by atoms with Crippen molar-refractivity contribution in [3.8, 4) is 5.69 Å². The molecule has 0 aliphatic carbocycles. The monoisotopic (exact) mass is 564 g/mol. The number of aliphatic hydroxyl groups excluding tert-OH is 1. The second kappa shape index (κ2) is 14.0. The number of rotatable bonds is 15. The van der Waals surface area contributed by atoms with E-state index in [4.69, 9.17) is 0 Å². The number of hydrogen-bond acceptors (Lipinski definition) is 7. The summed E-state index contributed by atoms with van der Waals surface area (Å²) < 4.78 is 31.3. The van der Waals surface area contributed by atoms with Crippen molar-refractivity contribution in [2.75, 3.05) is 17.8 Å². The minimum atomic E-state index is -3.81. The highest BCUT2D eigenvalue weighted by Gasteiger charge is 2.15. The summed E-state index contributed by atoms with van der Waals surface area (Å²) in [5, 5.41) is 17.6. The Morgan fingerprint density at radius 3 is 2.48 bits per heavy atom. The topological polar surface area (TPSA) is 131 Å². The maximum atomic E-state index is 12.9. The van der Waals surface area contributed by atoms with Crippen LogP contribution in [0.1, 0.15) is 49.8 Å². The van der Waals surface area contributed by atoms with Gasteiger partial charge in [-0.05, 0) is 67.4 Å². The van der Waals surface area contributed by atoms with E-state index in [0.29, 0.717) is 31.0 Å². The molecule has 0 bridgehead atoms. The van der Waals surface area contributed by atoms with Gasteiger partial charge in [0.1, 0.15) is 6.33 Å². The third-order valence-corrected chi connectivity index (χ3v) is 7.98. The van der Waals surface area contributed by atoms with Gasteiger partial charge in [-0.3, -0.25) is 14.3 Å². The normalized spacial score (nSPS) is 12.3. The number of aliphatic hydroxyl groups is 1. The number of nitrogens with one attached hydrogen (secondary N) is 2. The van der Waals surface area contributed by atoms with Gasteiger partial charge in [0.2, 0.25) is 0 Å². The molecule has 0 aliphatic rings. The molecule has 2 aromatic heterocycles. The Balaban J connectivity index is 1.29. The van der Waals surface area contributed by atoms with Crippen molar-refractivity contribution < 1.29 is 13.5 Å². The second-order valence-corrected chi connectivity index (χ2v) is 11.3. The van der Waals surface area contributed by atoms with Crippen LogP contribution in [-0.2, 0) is 23.0 Å². The van der Waals surface area contributed by atoms with Crippen molar-refractivity contribution in [2.24, 2.45) is 0 Å². The van der Waals surface area contributed by atoms with Crippen LogP contribution in [0.5, 0.6) is 0 Å². The summed E-state index contributed by atoms with van der Waals surface area (Å²) in [6, 6.07) is 16.9. The zero-order chi connectivity index (χ0) is 28.4. The Morgan fingerprint density at radius 1 is 1.00 bits per heavy atom. The fourth-order valence-electron chi connectivity index (χ4n) is 4.26. The average molecular weight is 565 g/mol. The number of unbranched alkanes of at least 4 members (excludes halogenated alkanes) is 3. The number of benzene rings is 2. The molecule has 3 N–H and O–H groups in total. The Bertz CT molecular complexity index is 1500. The maximum absolute atomic E-state index is 12.9. The zero-order valence-electron chi connectivity index (χ0n) is 22.6. The molecular weight excluding hydrogens is 528 g/mol. The minimum absolute atomic E-state index is 0.0868. The highest BCUT2D eigenvalue weighted by atomic mass is 32.2. The van der Waals surface area contributed by atoms with Gasteiger partial charge >= 0.3 is 5.69 Å². The van der Waals surface area contributed by atoms with Crippen LogP contribution in [0, 0.1) is 0 Å². The number of aryl methyl sites for hydroxylation is 1. The molecule has 0 saturated carbocycles. The third kappa shape index (κ3) is 7.87. The fourth-order valence-corrected chi connectivity index (χ4v) is 5.31. The Morgan fingerprint density at radius 2 is 1.77 bits per heavy atom. The first kappa shape index (κ1) is 29.2. The van der Waals surface area contributed by atoms with E-state index in [0.717, 1.165) is 43.2 Å². The van der Waals surface area contributed by atoms with E-state index in [1.54, 1.807) is 47.3 Å². The zero-order valence-corrected chi connectivity index (χ0v) is 23.4. The summed E-state index contributed by atoms with van der Waals surface area (Å²) in [6.07, 6.45) is 9.17. The molecule has 0 aliphatic heterocycles. The lowest BCUT2D eigenvalue weighted by Crippen LogP contribution is -2.24. The molecule has 212 valence electrons. The van der Waals surface area contributed by atoms with Gasteiger partial charge in [0, 0.05) is 36.7 Å². The lowest BCUT2D eigenvalue weighted by Gasteiger charge is -2.12. The van der Waals surface area contributed by atoms with Gasteiger partial charge < -0.3 is 10.4 Å². The van der Waals surface area contributed by atoms with E-state index in [9.17, 15) is 18.3 Å². The fraction of sp³-hybridized carbons (Fsp3) is 0.345. The molecule has 4 rings (SSSR count). The van der Waals surface area contributed by atoms with Crippen molar-refractivity contribution in [3.63, 3.8) is 0 Å². The third-order valence-electron chi connectivity index (χ3n) is 6.58. The first-order valence-electron chi connectivity index (χ1n) is 13.5. The van der Waals surface area contributed by atoms with Gasteiger partial charge in [-0.2, -0.15) is 9.78 Å². The Kier molecular flexibility index (Phi) is 10.2. The van der Waals surface area contributed by atoms with Crippen LogP contribution in [0.3, 0.4) is 0 Å².